The van der Waals surface area contributed by atoms with Gasteiger partial charge in [0.05, 0.1) is 22.1 Å². The number of fused-ring (bicyclic) bond motifs is 2. The second-order valence-electron chi connectivity index (χ2n) is 4.31. The highest BCUT2D eigenvalue weighted by molar-refractivity contribution is 6.62. The van der Waals surface area contributed by atoms with Gasteiger partial charge in [-0.25, -0.2) is 9.97 Å². The summed E-state index contributed by atoms with van der Waals surface area (Å²) in [5, 5.41) is 0. The average Bonchev–Trinajstić information content (AvgIpc) is 2.46. The van der Waals surface area contributed by atoms with Gasteiger partial charge in [-0.2, -0.15) is 0 Å². The minimum Gasteiger partial charge on any atom is -0.572 e. The molecule has 0 bridgehead atoms. The van der Waals surface area contributed by atoms with Gasteiger partial charge >= 0.3 is 30.9 Å². The number of hydrogen-bond acceptors (Lipinski definition) is 3. The van der Waals surface area contributed by atoms with Gasteiger partial charge in [-0.1, -0.05) is 23.7 Å². The van der Waals surface area contributed by atoms with Crippen LogP contribution in [0.15, 0.2) is 42.5 Å². The van der Waals surface area contributed by atoms with Gasteiger partial charge < -0.3 is 2.87 Å². The van der Waals surface area contributed by atoms with E-state index >= 15 is 0 Å². The number of para-hydroxylation sites is 2. The lowest BCUT2D eigenvalue weighted by atomic mass is 10.2. The van der Waals surface area contributed by atoms with E-state index in [4.69, 9.17) is 4.98 Å². The van der Waals surface area contributed by atoms with Crippen LogP contribution in [0.3, 0.4) is 0 Å². The Labute approximate surface area is 125 Å². The van der Waals surface area contributed by atoms with Crippen molar-refractivity contribution in [1.82, 2.24) is 9.97 Å². The summed E-state index contributed by atoms with van der Waals surface area (Å²) in [7, 11) is 0. The van der Waals surface area contributed by atoms with Crippen LogP contribution in [0, 0.1) is 0 Å². The van der Waals surface area contributed by atoms with Crippen LogP contribution in [0.25, 0.3) is 22.1 Å². The minimum absolute atomic E-state index is 0.323. The van der Waals surface area contributed by atoms with Crippen LogP contribution >= 0.6 is 0 Å². The van der Waals surface area contributed by atoms with Crippen LogP contribution in [-0.4, -0.2) is 40.8 Å². The molecule has 0 aliphatic rings. The Balaban J connectivity index is 2.19. The van der Waals surface area contributed by atoms with Crippen molar-refractivity contribution in [1.29, 1.82) is 0 Å². The molecule has 90 valence electrons. The third-order valence-electron chi connectivity index (χ3n) is 3.18. The summed E-state index contributed by atoms with van der Waals surface area (Å²) >= 11 is 0.645. The Kier molecular flexibility index (Phi) is 3.73. The van der Waals surface area contributed by atoms with Crippen molar-refractivity contribution in [3.63, 3.8) is 0 Å². The molecule has 19 heavy (non-hydrogen) atoms. The predicted molar refractivity (Wildman–Crippen MR) is 82.8 cm³/mol. The maximum Gasteiger partial charge on any atom is 0.338 e. The molecule has 1 aromatic heterocycles. The zero-order valence-corrected chi connectivity index (χ0v) is 13.3. The molecule has 0 atom stereocenters. The highest BCUT2D eigenvalue weighted by Crippen LogP contribution is 2.21. The molecule has 0 fully saturated rings. The minimum atomic E-state index is 0.323. The fourth-order valence-corrected chi connectivity index (χ4v) is 4.33. The maximum absolute atomic E-state index is 4.72. The molecule has 0 spiro atoms. The molecule has 0 N–H and O–H groups in total. The molecule has 3 aromatic rings. The first-order chi connectivity index (χ1) is 9.31. The Morgan fingerprint density at radius 2 is 1.37 bits per heavy atom. The first-order valence-electron chi connectivity index (χ1n) is 6.35. The maximum atomic E-state index is 4.72. The van der Waals surface area contributed by atoms with Gasteiger partial charge in [0.15, 0.2) is 0 Å². The normalized spacial score (nSPS) is 10.6. The molecule has 0 unspecified atom stereocenters. The summed E-state index contributed by atoms with van der Waals surface area (Å²) in [5.74, 6) is 4.54. The fraction of sp³-hybridized carbons (Fsp3) is 0.143. The molecular formula is C14H13Al2N3. The van der Waals surface area contributed by atoms with Crippen LogP contribution in [-0.2, 0) is 0 Å². The molecule has 0 aliphatic heterocycles. The van der Waals surface area contributed by atoms with Crippen LogP contribution in [0.1, 0.15) is 0 Å². The molecule has 2 radical (unpaired) electrons. The lowest BCUT2D eigenvalue weighted by molar-refractivity contribution is 1.39. The highest BCUT2D eigenvalue weighted by Gasteiger charge is 2.06. The number of nitrogens with zero attached hydrogens (tertiary/aromatic N) is 3. The number of aromatic nitrogens is 2. The number of benzene rings is 2. The Bertz CT molecular complexity index is 726. The van der Waals surface area contributed by atoms with E-state index in [2.05, 4.69) is 37.6 Å². The van der Waals surface area contributed by atoms with E-state index in [0.717, 1.165) is 22.1 Å². The summed E-state index contributed by atoms with van der Waals surface area (Å²) in [6, 6.07) is 14.4. The Morgan fingerprint density at radius 1 is 0.789 bits per heavy atom. The predicted octanol–water partition coefficient (Wildman–Crippen LogP) is 2.92. The fourth-order valence-electron chi connectivity index (χ4n) is 2.22. The standard InChI is InChI=1S/C12H7N3.2CH3.2Al/c13-8-5-6-11-12(7-8)15-10-4-2-1-3-9(10)14-11;;;;/h1-7H;2*1H3;;. The van der Waals surface area contributed by atoms with Crippen molar-refractivity contribution in [2.24, 2.45) is 0 Å². The highest BCUT2D eigenvalue weighted by atomic mass is 27.2. The van der Waals surface area contributed by atoms with E-state index < -0.39 is 0 Å². The van der Waals surface area contributed by atoms with Crippen LogP contribution in [0.4, 0.5) is 5.69 Å². The van der Waals surface area contributed by atoms with Gasteiger partial charge in [-0.3, -0.25) is 0 Å². The van der Waals surface area contributed by atoms with Gasteiger partial charge in [0.1, 0.15) is 0 Å². The number of anilines is 1. The van der Waals surface area contributed by atoms with Crippen molar-refractivity contribution < 1.29 is 0 Å². The number of hydrogen-bond donors (Lipinski definition) is 0. The van der Waals surface area contributed by atoms with E-state index in [-0.39, 0.29) is 0 Å². The molecule has 0 saturated carbocycles. The van der Waals surface area contributed by atoms with E-state index in [0.29, 0.717) is 30.9 Å². The molecule has 1 heterocycles. The second kappa shape index (κ2) is 5.49. The van der Waals surface area contributed by atoms with Crippen LogP contribution < -0.4 is 2.87 Å². The van der Waals surface area contributed by atoms with Gasteiger partial charge in [-0.05, 0) is 36.0 Å². The van der Waals surface area contributed by atoms with Gasteiger partial charge in [0, 0.05) is 0 Å². The van der Waals surface area contributed by atoms with Crippen LogP contribution in [0.5, 0.6) is 0 Å². The zero-order chi connectivity index (χ0) is 13.2. The number of rotatable bonds is 3. The Morgan fingerprint density at radius 3 is 2.00 bits per heavy atom. The van der Waals surface area contributed by atoms with Gasteiger partial charge in [0.25, 0.3) is 0 Å². The third-order valence-corrected chi connectivity index (χ3v) is 6.67. The monoisotopic (exact) mass is 277 g/mol. The molecule has 2 aromatic carbocycles. The topological polar surface area (TPSA) is 29.0 Å². The smallest absolute Gasteiger partial charge is 0.338 e. The summed E-state index contributed by atoms with van der Waals surface area (Å²) in [6.45, 7) is 0. The van der Waals surface area contributed by atoms with E-state index in [1.807, 2.05) is 24.3 Å². The van der Waals surface area contributed by atoms with Crippen molar-refractivity contribution in [3.05, 3.63) is 42.5 Å². The van der Waals surface area contributed by atoms with E-state index in [1.165, 1.54) is 5.69 Å². The summed E-state index contributed by atoms with van der Waals surface area (Å²) < 4.78 is 2.48. The first-order valence-corrected chi connectivity index (χ1v) is 9.70. The molecule has 0 saturated heterocycles. The van der Waals surface area contributed by atoms with Crippen LogP contribution in [0.2, 0.25) is 11.6 Å². The second-order valence-corrected chi connectivity index (χ2v) is 7.05. The molecular weight excluding hydrogens is 264 g/mol. The zero-order valence-electron chi connectivity index (χ0n) is 11.0. The third kappa shape index (κ3) is 2.48. The van der Waals surface area contributed by atoms with Crippen molar-refractivity contribution in [2.75, 3.05) is 2.87 Å². The van der Waals surface area contributed by atoms with Gasteiger partial charge in [-0.15, -0.1) is 0 Å². The molecule has 3 rings (SSSR count). The SMILES string of the molecule is [CH3][Al][N]([Al][CH3])c1ccc2nc3ccccc3nc2c1. The largest absolute Gasteiger partial charge is 0.572 e. The van der Waals surface area contributed by atoms with E-state index in [9.17, 15) is 0 Å². The lowest BCUT2D eigenvalue weighted by Crippen LogP contribution is -2.27. The van der Waals surface area contributed by atoms with Crippen molar-refractivity contribution in [3.8, 4) is 0 Å². The molecule has 5 heteroatoms. The summed E-state index contributed by atoms with van der Waals surface area (Å²) in [4.78, 5) is 9.38. The van der Waals surface area contributed by atoms with Crippen molar-refractivity contribution >= 4 is 58.6 Å². The van der Waals surface area contributed by atoms with E-state index in [1.54, 1.807) is 0 Å². The quantitative estimate of drug-likeness (QED) is 0.544. The Hall–Kier alpha value is -1.10. The summed E-state index contributed by atoms with van der Waals surface area (Å²) in [5.41, 5.74) is 5.17. The molecule has 0 aliphatic carbocycles. The first kappa shape index (κ1) is 12.9. The van der Waals surface area contributed by atoms with Gasteiger partial charge in [0.2, 0.25) is 0 Å². The summed E-state index contributed by atoms with van der Waals surface area (Å²) in [6.07, 6.45) is 0. The molecule has 0 amide bonds. The average molecular weight is 277 g/mol. The molecule has 3 nitrogen and oxygen atoms in total. The van der Waals surface area contributed by atoms with Crippen molar-refractivity contribution in [2.45, 2.75) is 11.6 Å². The lowest BCUT2D eigenvalue weighted by Gasteiger charge is -2.23.